The van der Waals surface area contributed by atoms with E-state index in [1.807, 2.05) is 29.2 Å². The standard InChI is InChI=1S/C32H41N5O2/c1-5-39-29-19-24-18-22(2)10-11-25(24)30(29)37-17-16-36(21-23(37)3)32(4)12-14-35(15-13-32)31(38)27-20-33-34-28-9-7-6-8-26(27)28/h6-11,18,20,23,29-30H,5,12-17,19,21H2,1-4H3/t23-,29+,30?/m0/s1. The van der Waals surface area contributed by atoms with Gasteiger partial charge in [0.05, 0.1) is 29.4 Å². The molecule has 1 unspecified atom stereocenters. The van der Waals surface area contributed by atoms with Gasteiger partial charge in [-0.05, 0) is 57.7 Å². The minimum Gasteiger partial charge on any atom is -0.376 e. The van der Waals surface area contributed by atoms with Crippen LogP contribution in [-0.4, -0.2) is 87.8 Å². The van der Waals surface area contributed by atoms with Crippen molar-refractivity contribution in [3.8, 4) is 0 Å². The zero-order chi connectivity index (χ0) is 27.1. The van der Waals surface area contributed by atoms with Gasteiger partial charge in [0.25, 0.3) is 5.91 Å². The molecule has 0 saturated carbocycles. The fourth-order valence-corrected chi connectivity index (χ4v) is 7.22. The summed E-state index contributed by atoms with van der Waals surface area (Å²) >= 11 is 0. The van der Waals surface area contributed by atoms with Crippen molar-refractivity contribution < 1.29 is 9.53 Å². The normalized spacial score (nSPS) is 25.6. The molecule has 2 fully saturated rings. The molecule has 1 aromatic heterocycles. The fourth-order valence-electron chi connectivity index (χ4n) is 7.22. The summed E-state index contributed by atoms with van der Waals surface area (Å²) < 4.78 is 6.30. The van der Waals surface area contributed by atoms with Gasteiger partial charge in [-0.1, -0.05) is 42.0 Å². The maximum absolute atomic E-state index is 13.5. The highest BCUT2D eigenvalue weighted by Gasteiger charge is 2.44. The van der Waals surface area contributed by atoms with Gasteiger partial charge in [-0.25, -0.2) is 0 Å². The van der Waals surface area contributed by atoms with Crippen molar-refractivity contribution in [2.45, 2.75) is 70.7 Å². The molecule has 3 aliphatic rings. The molecule has 0 radical (unpaired) electrons. The number of hydrogen-bond acceptors (Lipinski definition) is 6. The largest absolute Gasteiger partial charge is 0.376 e. The first-order valence-electron chi connectivity index (χ1n) is 14.6. The number of ether oxygens (including phenoxy) is 1. The Morgan fingerprint density at radius 3 is 2.67 bits per heavy atom. The Morgan fingerprint density at radius 1 is 1.10 bits per heavy atom. The Labute approximate surface area is 232 Å². The number of nitrogens with zero attached hydrogens (tertiary/aromatic N) is 5. The van der Waals surface area contributed by atoms with E-state index in [1.165, 1.54) is 16.7 Å². The lowest BCUT2D eigenvalue weighted by molar-refractivity contribution is -0.0630. The minimum atomic E-state index is 0.0680. The molecule has 6 rings (SSSR count). The van der Waals surface area contributed by atoms with Crippen molar-refractivity contribution in [2.24, 2.45) is 0 Å². The number of hydrogen-bond donors (Lipinski definition) is 0. The molecular weight excluding hydrogens is 486 g/mol. The van der Waals surface area contributed by atoms with Crippen LogP contribution in [-0.2, 0) is 11.2 Å². The summed E-state index contributed by atoms with van der Waals surface area (Å²) in [7, 11) is 0. The summed E-state index contributed by atoms with van der Waals surface area (Å²) in [5, 5.41) is 9.16. The van der Waals surface area contributed by atoms with E-state index in [1.54, 1.807) is 6.20 Å². The number of likely N-dealkylation sites (tertiary alicyclic amines) is 1. The van der Waals surface area contributed by atoms with Crippen LogP contribution in [0.25, 0.3) is 10.9 Å². The Bertz CT molecular complexity index is 1350. The lowest BCUT2D eigenvalue weighted by Crippen LogP contribution is -2.62. The number of aromatic nitrogens is 2. The van der Waals surface area contributed by atoms with Gasteiger partial charge in [0, 0.05) is 62.7 Å². The third kappa shape index (κ3) is 4.85. The average molecular weight is 528 g/mol. The number of rotatable bonds is 5. The van der Waals surface area contributed by atoms with E-state index in [0.717, 1.165) is 69.5 Å². The van der Waals surface area contributed by atoms with Gasteiger partial charge in [0.1, 0.15) is 0 Å². The smallest absolute Gasteiger partial charge is 0.256 e. The number of fused-ring (bicyclic) bond motifs is 2. The van der Waals surface area contributed by atoms with Crippen LogP contribution in [0.5, 0.6) is 0 Å². The molecule has 7 nitrogen and oxygen atoms in total. The Hall–Kier alpha value is -2.87. The quantitative estimate of drug-likeness (QED) is 0.482. The Kier molecular flexibility index (Phi) is 7.16. The fraction of sp³-hybridized carbons (Fsp3) is 0.531. The van der Waals surface area contributed by atoms with E-state index in [-0.39, 0.29) is 17.6 Å². The number of amides is 1. The summed E-state index contributed by atoms with van der Waals surface area (Å²) in [6.07, 6.45) is 4.82. The highest BCUT2D eigenvalue weighted by molar-refractivity contribution is 6.05. The number of aryl methyl sites for hydroxylation is 1. The molecule has 1 amide bonds. The molecular formula is C32H41N5O2. The zero-order valence-electron chi connectivity index (χ0n) is 23.8. The molecule has 0 N–H and O–H groups in total. The van der Waals surface area contributed by atoms with Crippen LogP contribution in [0, 0.1) is 6.92 Å². The minimum absolute atomic E-state index is 0.0680. The van der Waals surface area contributed by atoms with Crippen molar-refractivity contribution in [2.75, 3.05) is 39.3 Å². The summed E-state index contributed by atoms with van der Waals surface area (Å²) in [4.78, 5) is 20.9. The van der Waals surface area contributed by atoms with Crippen molar-refractivity contribution in [1.82, 2.24) is 24.9 Å². The van der Waals surface area contributed by atoms with Crippen molar-refractivity contribution in [3.63, 3.8) is 0 Å². The SMILES string of the molecule is CCO[C@@H]1Cc2cc(C)ccc2C1N1CCN(C2(C)CCN(C(=O)c3cnnc4ccccc34)CC2)C[C@@H]1C. The van der Waals surface area contributed by atoms with E-state index in [4.69, 9.17) is 4.74 Å². The first-order valence-corrected chi connectivity index (χ1v) is 14.6. The van der Waals surface area contributed by atoms with Gasteiger partial charge in [0.15, 0.2) is 0 Å². The summed E-state index contributed by atoms with van der Waals surface area (Å²) in [5.41, 5.74) is 5.75. The molecule has 1 aliphatic carbocycles. The first-order chi connectivity index (χ1) is 18.9. The third-order valence-electron chi connectivity index (χ3n) is 9.48. The van der Waals surface area contributed by atoms with E-state index in [0.29, 0.717) is 17.6 Å². The first kappa shape index (κ1) is 26.4. The van der Waals surface area contributed by atoms with E-state index >= 15 is 0 Å². The average Bonchev–Trinajstić information content (AvgIpc) is 3.29. The molecule has 3 aromatic rings. The van der Waals surface area contributed by atoms with Crippen molar-refractivity contribution in [1.29, 1.82) is 0 Å². The Morgan fingerprint density at radius 2 is 1.90 bits per heavy atom. The van der Waals surface area contributed by atoms with Crippen LogP contribution in [0.1, 0.15) is 66.7 Å². The molecule has 2 aromatic carbocycles. The molecule has 2 saturated heterocycles. The Balaban J connectivity index is 1.12. The highest BCUT2D eigenvalue weighted by atomic mass is 16.5. The van der Waals surface area contributed by atoms with Gasteiger partial charge in [-0.2, -0.15) is 10.2 Å². The molecule has 7 heteroatoms. The number of piperazine rings is 1. The molecule has 0 spiro atoms. The number of benzene rings is 2. The zero-order valence-corrected chi connectivity index (χ0v) is 23.8. The predicted octanol–water partition coefficient (Wildman–Crippen LogP) is 4.64. The number of carbonyl (C=O) groups is 1. The van der Waals surface area contributed by atoms with Crippen LogP contribution >= 0.6 is 0 Å². The predicted molar refractivity (Wildman–Crippen MR) is 154 cm³/mol. The lowest BCUT2D eigenvalue weighted by atomic mass is 9.86. The van der Waals surface area contributed by atoms with Gasteiger partial charge in [-0.15, -0.1) is 0 Å². The molecule has 2 aliphatic heterocycles. The van der Waals surface area contributed by atoms with Gasteiger partial charge in [0.2, 0.25) is 0 Å². The second kappa shape index (κ2) is 10.6. The maximum Gasteiger partial charge on any atom is 0.256 e. The van der Waals surface area contributed by atoms with E-state index < -0.39 is 0 Å². The molecule has 206 valence electrons. The topological polar surface area (TPSA) is 61.8 Å². The molecule has 3 atom stereocenters. The van der Waals surface area contributed by atoms with Crippen LogP contribution < -0.4 is 0 Å². The van der Waals surface area contributed by atoms with Gasteiger partial charge in [-0.3, -0.25) is 14.6 Å². The second-order valence-corrected chi connectivity index (χ2v) is 11.9. The van der Waals surface area contributed by atoms with Crippen LogP contribution in [0.4, 0.5) is 0 Å². The molecule has 39 heavy (non-hydrogen) atoms. The maximum atomic E-state index is 13.5. The van der Waals surface area contributed by atoms with Gasteiger partial charge >= 0.3 is 0 Å². The summed E-state index contributed by atoms with van der Waals surface area (Å²) in [5.74, 6) is 0.0680. The summed E-state index contributed by atoms with van der Waals surface area (Å²) in [6.45, 7) is 14.5. The van der Waals surface area contributed by atoms with E-state index in [9.17, 15) is 4.79 Å². The van der Waals surface area contributed by atoms with Crippen LogP contribution in [0.2, 0.25) is 0 Å². The van der Waals surface area contributed by atoms with Crippen LogP contribution in [0.15, 0.2) is 48.7 Å². The summed E-state index contributed by atoms with van der Waals surface area (Å²) in [6, 6.07) is 15.5. The number of carbonyl (C=O) groups excluding carboxylic acids is 1. The molecule has 3 heterocycles. The van der Waals surface area contributed by atoms with Crippen molar-refractivity contribution in [3.05, 3.63) is 70.9 Å². The third-order valence-corrected chi connectivity index (χ3v) is 9.48. The van der Waals surface area contributed by atoms with E-state index in [2.05, 4.69) is 65.9 Å². The monoisotopic (exact) mass is 527 g/mol. The highest BCUT2D eigenvalue weighted by Crippen LogP contribution is 2.41. The van der Waals surface area contributed by atoms with Crippen LogP contribution in [0.3, 0.4) is 0 Å². The second-order valence-electron chi connectivity index (χ2n) is 11.9. The lowest BCUT2D eigenvalue weighted by Gasteiger charge is -2.53. The van der Waals surface area contributed by atoms with Gasteiger partial charge < -0.3 is 9.64 Å². The molecule has 0 bridgehead atoms. The van der Waals surface area contributed by atoms with Crippen molar-refractivity contribution >= 4 is 16.8 Å². The number of piperidine rings is 1.